The average molecular weight is 338 g/mol. The van der Waals surface area contributed by atoms with Gasteiger partial charge in [0, 0.05) is 11.3 Å². The lowest BCUT2D eigenvalue weighted by molar-refractivity contribution is 0.266. The van der Waals surface area contributed by atoms with E-state index in [4.69, 9.17) is 5.11 Å². The number of aliphatic hydroxyl groups excluding tert-OH is 1. The van der Waals surface area contributed by atoms with Gasteiger partial charge in [-0.3, -0.25) is 4.68 Å². The Labute approximate surface area is 115 Å². The number of halogens is 1. The van der Waals surface area contributed by atoms with Crippen molar-refractivity contribution in [3.05, 3.63) is 17.5 Å². The van der Waals surface area contributed by atoms with Crippen LogP contribution in [0, 0.1) is 0 Å². The second-order valence-electron chi connectivity index (χ2n) is 4.28. The maximum atomic E-state index is 11.6. The van der Waals surface area contributed by atoms with Crippen molar-refractivity contribution < 1.29 is 13.5 Å². The Morgan fingerprint density at radius 3 is 3.06 bits per heavy atom. The number of aromatic nitrogens is 2. The maximum Gasteiger partial charge on any atom is 0.222 e. The second-order valence-corrected chi connectivity index (χ2v) is 7.34. The van der Waals surface area contributed by atoms with Gasteiger partial charge in [0.25, 0.3) is 0 Å². The van der Waals surface area contributed by atoms with Crippen LogP contribution in [-0.2, 0) is 23.0 Å². The molecule has 0 radical (unpaired) electrons. The summed E-state index contributed by atoms with van der Waals surface area (Å²) in [4.78, 5) is 0. The first-order valence-corrected chi connectivity index (χ1v) is 8.56. The molecule has 1 heterocycles. The summed E-state index contributed by atoms with van der Waals surface area (Å²) < 4.78 is 27.5. The molecule has 0 aromatic carbocycles. The van der Waals surface area contributed by atoms with Crippen LogP contribution in [0.2, 0.25) is 0 Å². The largest absolute Gasteiger partial charge is 0.394 e. The summed E-state index contributed by atoms with van der Waals surface area (Å²) in [7, 11) is -3.28. The minimum atomic E-state index is -3.28. The van der Waals surface area contributed by atoms with Gasteiger partial charge in [0.1, 0.15) is 4.66 Å². The Morgan fingerprint density at radius 2 is 2.39 bits per heavy atom. The molecule has 0 spiro atoms. The van der Waals surface area contributed by atoms with Gasteiger partial charge >= 0.3 is 0 Å². The first-order valence-electron chi connectivity index (χ1n) is 5.79. The Hall–Kier alpha value is -0.440. The van der Waals surface area contributed by atoms with Crippen molar-refractivity contribution in [3.63, 3.8) is 0 Å². The average Bonchev–Trinajstić information content (AvgIpc) is 2.74. The number of hydrogen-bond donors (Lipinski definition) is 2. The van der Waals surface area contributed by atoms with E-state index in [1.54, 1.807) is 10.9 Å². The number of sulfonamides is 1. The predicted octanol–water partition coefficient (Wildman–Crippen LogP) is 0.525. The lowest BCUT2D eigenvalue weighted by Gasteiger charge is -2.23. The van der Waals surface area contributed by atoms with Gasteiger partial charge in [0.2, 0.25) is 10.0 Å². The van der Waals surface area contributed by atoms with Gasteiger partial charge in [-0.1, -0.05) is 15.9 Å². The Kier molecular flexibility index (Phi) is 4.41. The summed E-state index contributed by atoms with van der Waals surface area (Å²) in [5.41, 5.74) is 1.96. The van der Waals surface area contributed by atoms with Crippen LogP contribution in [0.3, 0.4) is 0 Å². The van der Waals surface area contributed by atoms with Crippen LogP contribution in [-0.4, -0.2) is 34.6 Å². The molecule has 0 saturated carbocycles. The number of hydrogen-bond acceptors (Lipinski definition) is 4. The molecule has 0 fully saturated rings. The molecule has 1 aromatic rings. The molecule has 102 valence electrons. The minimum Gasteiger partial charge on any atom is -0.394 e. The van der Waals surface area contributed by atoms with Crippen molar-refractivity contribution in [1.82, 2.24) is 14.5 Å². The van der Waals surface area contributed by atoms with Gasteiger partial charge in [-0.15, -0.1) is 0 Å². The van der Waals surface area contributed by atoms with Crippen molar-refractivity contribution >= 4 is 26.0 Å². The van der Waals surface area contributed by atoms with Crippen molar-refractivity contribution in [2.75, 3.05) is 11.3 Å². The number of rotatable bonds is 5. The van der Waals surface area contributed by atoms with Gasteiger partial charge in [-0.25, -0.2) is 13.1 Å². The highest BCUT2D eigenvalue weighted by atomic mass is 79.9. The summed E-state index contributed by atoms with van der Waals surface area (Å²) >= 11 is 2.96. The third kappa shape index (κ3) is 2.93. The zero-order valence-electron chi connectivity index (χ0n) is 9.84. The van der Waals surface area contributed by atoms with Gasteiger partial charge in [0.15, 0.2) is 0 Å². The number of fused-ring (bicyclic) bond motifs is 1. The monoisotopic (exact) mass is 337 g/mol. The van der Waals surface area contributed by atoms with E-state index in [2.05, 4.69) is 25.8 Å². The Morgan fingerprint density at radius 1 is 1.61 bits per heavy atom. The third-order valence-corrected chi connectivity index (χ3v) is 5.78. The SMILES string of the molecule is O=S(=O)(CBr)NC1CCCc2c1cnn2CCO. The molecule has 2 N–H and O–H groups in total. The molecule has 0 aliphatic heterocycles. The van der Waals surface area contributed by atoms with E-state index in [9.17, 15) is 8.42 Å². The number of nitrogens with one attached hydrogen (secondary N) is 1. The van der Waals surface area contributed by atoms with Gasteiger partial charge in [-0.2, -0.15) is 5.10 Å². The maximum absolute atomic E-state index is 11.6. The van der Waals surface area contributed by atoms with Crippen molar-refractivity contribution in [2.45, 2.75) is 31.8 Å². The van der Waals surface area contributed by atoms with Crippen LogP contribution in [0.1, 0.15) is 30.1 Å². The normalized spacial score (nSPS) is 19.8. The molecular weight excluding hydrogens is 322 g/mol. The van der Waals surface area contributed by atoms with Crippen LogP contribution in [0.25, 0.3) is 0 Å². The molecule has 1 unspecified atom stereocenters. The van der Waals surface area contributed by atoms with E-state index in [0.29, 0.717) is 6.54 Å². The molecule has 1 aliphatic carbocycles. The number of aliphatic hydroxyl groups is 1. The standard InChI is InChI=1S/C10H16BrN3O3S/c11-7-18(16,17)13-9-2-1-3-10-8(9)6-12-14(10)4-5-15/h6,9,13,15H,1-5,7H2. The summed E-state index contributed by atoms with van der Waals surface area (Å²) in [5.74, 6) is 0. The van der Waals surface area contributed by atoms with Gasteiger partial charge in [-0.05, 0) is 19.3 Å². The highest BCUT2D eigenvalue weighted by molar-refractivity contribution is 9.10. The number of alkyl halides is 1. The predicted molar refractivity (Wildman–Crippen MR) is 70.8 cm³/mol. The lowest BCUT2D eigenvalue weighted by Crippen LogP contribution is -2.31. The van der Waals surface area contributed by atoms with Crippen LogP contribution < -0.4 is 4.72 Å². The molecule has 8 heteroatoms. The summed E-state index contributed by atoms with van der Waals surface area (Å²) in [5, 5.41) is 13.2. The van der Waals surface area contributed by atoms with E-state index in [1.165, 1.54) is 0 Å². The zero-order chi connectivity index (χ0) is 13.2. The van der Waals surface area contributed by atoms with Gasteiger partial charge in [0.05, 0.1) is 25.4 Å². The molecule has 1 aliphatic rings. The smallest absolute Gasteiger partial charge is 0.222 e. The van der Waals surface area contributed by atoms with E-state index < -0.39 is 10.0 Å². The van der Waals surface area contributed by atoms with Crippen molar-refractivity contribution in [1.29, 1.82) is 0 Å². The molecule has 1 aromatic heterocycles. The topological polar surface area (TPSA) is 84.2 Å². The minimum absolute atomic E-state index is 0.0336. The molecule has 6 nitrogen and oxygen atoms in total. The van der Waals surface area contributed by atoms with E-state index in [0.717, 1.165) is 30.5 Å². The fourth-order valence-electron chi connectivity index (χ4n) is 2.28. The molecule has 0 saturated heterocycles. The number of nitrogens with zero attached hydrogens (tertiary/aromatic N) is 2. The Balaban J connectivity index is 2.23. The Bertz CT molecular complexity index is 514. The highest BCUT2D eigenvalue weighted by Crippen LogP contribution is 2.30. The first-order chi connectivity index (χ1) is 8.57. The molecular formula is C10H16BrN3O3S. The molecule has 0 bridgehead atoms. The third-order valence-electron chi connectivity index (χ3n) is 3.04. The van der Waals surface area contributed by atoms with Crippen LogP contribution in [0.15, 0.2) is 6.20 Å². The summed E-state index contributed by atoms with van der Waals surface area (Å²) in [6.45, 7) is 0.485. The fourth-order valence-corrected chi connectivity index (χ4v) is 3.41. The molecule has 0 amide bonds. The summed E-state index contributed by atoms with van der Waals surface area (Å²) in [6.07, 6.45) is 4.27. The van der Waals surface area contributed by atoms with E-state index >= 15 is 0 Å². The zero-order valence-corrected chi connectivity index (χ0v) is 12.2. The molecule has 1 atom stereocenters. The van der Waals surface area contributed by atoms with Crippen LogP contribution >= 0.6 is 15.9 Å². The summed E-state index contributed by atoms with van der Waals surface area (Å²) in [6, 6.07) is -0.205. The molecule has 2 rings (SSSR count). The van der Waals surface area contributed by atoms with Crippen LogP contribution in [0.5, 0.6) is 0 Å². The van der Waals surface area contributed by atoms with Crippen LogP contribution in [0.4, 0.5) is 0 Å². The molecule has 18 heavy (non-hydrogen) atoms. The first kappa shape index (κ1) is 14.0. The lowest BCUT2D eigenvalue weighted by atomic mass is 9.94. The quantitative estimate of drug-likeness (QED) is 0.767. The van der Waals surface area contributed by atoms with E-state index in [1.807, 2.05) is 0 Å². The highest BCUT2D eigenvalue weighted by Gasteiger charge is 2.27. The van der Waals surface area contributed by atoms with Crippen molar-refractivity contribution in [2.24, 2.45) is 0 Å². The second kappa shape index (κ2) is 5.68. The fraction of sp³-hybridized carbons (Fsp3) is 0.700. The van der Waals surface area contributed by atoms with E-state index in [-0.39, 0.29) is 17.3 Å². The van der Waals surface area contributed by atoms with Crippen molar-refractivity contribution in [3.8, 4) is 0 Å². The van der Waals surface area contributed by atoms with Gasteiger partial charge < -0.3 is 5.11 Å².